The lowest BCUT2D eigenvalue weighted by Crippen LogP contribution is -2.26. The smallest absolute Gasteiger partial charge is 0.406 e. The third-order valence-electron chi connectivity index (χ3n) is 3.77. The number of benzene rings is 1. The Morgan fingerprint density at radius 1 is 1.26 bits per heavy atom. The monoisotopic (exact) mass is 385 g/mol. The maximum absolute atomic E-state index is 12.2. The van der Waals surface area contributed by atoms with Crippen molar-refractivity contribution < 1.29 is 27.2 Å². The van der Waals surface area contributed by atoms with Gasteiger partial charge in [0.15, 0.2) is 5.82 Å². The fraction of sp³-hybridized carbons (Fsp3) is 0.500. The first kappa shape index (κ1) is 20.7. The molecule has 2 rings (SSSR count). The van der Waals surface area contributed by atoms with Crippen molar-refractivity contribution in [1.82, 2.24) is 15.5 Å². The standard InChI is InChI=1S/C18H22F3N3O3/c1-3-5-15-23-17(27-24-15)7-4-6-16(25)22-12(2)13-8-10-14(11-9-13)26-18(19,20)21/h8-12H,3-7H2,1-2H3,(H,22,25). The number of aryl methyl sites for hydroxylation is 2. The average molecular weight is 385 g/mol. The molecule has 1 heterocycles. The van der Waals surface area contributed by atoms with Crippen LogP contribution in [0.1, 0.15) is 56.4 Å². The minimum Gasteiger partial charge on any atom is -0.406 e. The molecule has 0 saturated carbocycles. The fourth-order valence-electron chi connectivity index (χ4n) is 2.47. The van der Waals surface area contributed by atoms with Gasteiger partial charge in [-0.2, -0.15) is 4.98 Å². The molecule has 0 aliphatic rings. The summed E-state index contributed by atoms with van der Waals surface area (Å²) in [5, 5.41) is 6.66. The number of hydrogen-bond donors (Lipinski definition) is 1. The van der Waals surface area contributed by atoms with Crippen LogP contribution in [-0.2, 0) is 17.6 Å². The Morgan fingerprint density at radius 2 is 1.96 bits per heavy atom. The lowest BCUT2D eigenvalue weighted by Gasteiger charge is -2.15. The summed E-state index contributed by atoms with van der Waals surface area (Å²) in [5.74, 6) is 0.723. The Labute approximate surface area is 155 Å². The molecule has 27 heavy (non-hydrogen) atoms. The average Bonchev–Trinajstić information content (AvgIpc) is 3.02. The molecule has 0 fully saturated rings. The van der Waals surface area contributed by atoms with E-state index in [0.717, 1.165) is 12.8 Å². The van der Waals surface area contributed by atoms with Gasteiger partial charge in [-0.1, -0.05) is 24.2 Å². The second-order valence-electron chi connectivity index (χ2n) is 6.11. The number of aromatic nitrogens is 2. The second kappa shape index (κ2) is 9.38. The molecular weight excluding hydrogens is 363 g/mol. The predicted molar refractivity (Wildman–Crippen MR) is 90.9 cm³/mol. The van der Waals surface area contributed by atoms with E-state index in [1.54, 1.807) is 6.92 Å². The van der Waals surface area contributed by atoms with Crippen molar-refractivity contribution in [2.24, 2.45) is 0 Å². The van der Waals surface area contributed by atoms with Gasteiger partial charge in [0.2, 0.25) is 11.8 Å². The lowest BCUT2D eigenvalue weighted by molar-refractivity contribution is -0.274. The quantitative estimate of drug-likeness (QED) is 0.703. The molecule has 0 aliphatic heterocycles. The number of carbonyl (C=O) groups excluding carboxylic acids is 1. The van der Waals surface area contributed by atoms with E-state index >= 15 is 0 Å². The van der Waals surface area contributed by atoms with Gasteiger partial charge in [-0.3, -0.25) is 4.79 Å². The van der Waals surface area contributed by atoms with Crippen LogP contribution in [-0.4, -0.2) is 22.4 Å². The largest absolute Gasteiger partial charge is 0.573 e. The van der Waals surface area contributed by atoms with Crippen molar-refractivity contribution in [3.8, 4) is 5.75 Å². The first-order chi connectivity index (χ1) is 12.8. The van der Waals surface area contributed by atoms with Gasteiger partial charge < -0.3 is 14.6 Å². The number of ether oxygens (including phenoxy) is 1. The number of hydrogen-bond acceptors (Lipinski definition) is 5. The van der Waals surface area contributed by atoms with Gasteiger partial charge in [0.25, 0.3) is 0 Å². The summed E-state index contributed by atoms with van der Waals surface area (Å²) < 4.78 is 45.4. The molecule has 6 nitrogen and oxygen atoms in total. The number of rotatable bonds is 9. The summed E-state index contributed by atoms with van der Waals surface area (Å²) in [6.07, 6.45) is -1.67. The van der Waals surface area contributed by atoms with Gasteiger partial charge in [0.05, 0.1) is 6.04 Å². The minimum atomic E-state index is -4.73. The van der Waals surface area contributed by atoms with Crippen LogP contribution in [0.25, 0.3) is 0 Å². The van der Waals surface area contributed by atoms with E-state index in [-0.39, 0.29) is 24.1 Å². The topological polar surface area (TPSA) is 77.2 Å². The Kier molecular flexibility index (Phi) is 7.20. The normalized spacial score (nSPS) is 12.6. The van der Waals surface area contributed by atoms with Crippen molar-refractivity contribution in [1.29, 1.82) is 0 Å². The van der Waals surface area contributed by atoms with E-state index in [2.05, 4.69) is 20.2 Å². The Bertz CT molecular complexity index is 729. The highest BCUT2D eigenvalue weighted by atomic mass is 19.4. The van der Waals surface area contributed by atoms with Crippen LogP contribution in [0.5, 0.6) is 5.75 Å². The van der Waals surface area contributed by atoms with E-state index in [1.807, 2.05) is 6.92 Å². The van der Waals surface area contributed by atoms with Crippen LogP contribution in [0.3, 0.4) is 0 Å². The molecule has 1 aromatic carbocycles. The summed E-state index contributed by atoms with van der Waals surface area (Å²) >= 11 is 0. The Hall–Kier alpha value is -2.58. The zero-order chi connectivity index (χ0) is 19.9. The molecule has 1 atom stereocenters. The number of nitrogens with one attached hydrogen (secondary N) is 1. The maximum Gasteiger partial charge on any atom is 0.573 e. The number of carbonyl (C=O) groups is 1. The van der Waals surface area contributed by atoms with Crippen molar-refractivity contribution in [2.45, 2.75) is 58.4 Å². The highest BCUT2D eigenvalue weighted by Crippen LogP contribution is 2.24. The summed E-state index contributed by atoms with van der Waals surface area (Å²) in [5.41, 5.74) is 0.680. The third-order valence-corrected chi connectivity index (χ3v) is 3.77. The summed E-state index contributed by atoms with van der Waals surface area (Å²) in [6.45, 7) is 3.78. The molecule has 0 saturated heterocycles. The molecule has 148 valence electrons. The van der Waals surface area contributed by atoms with Crippen molar-refractivity contribution in [2.75, 3.05) is 0 Å². The van der Waals surface area contributed by atoms with E-state index in [0.29, 0.717) is 30.1 Å². The van der Waals surface area contributed by atoms with E-state index in [9.17, 15) is 18.0 Å². The molecule has 9 heteroatoms. The third kappa shape index (κ3) is 7.28. The van der Waals surface area contributed by atoms with Gasteiger partial charge >= 0.3 is 6.36 Å². The van der Waals surface area contributed by atoms with Gasteiger partial charge in [-0.05, 0) is 37.5 Å². The predicted octanol–water partition coefficient (Wildman–Crippen LogP) is 4.12. The Balaban J connectivity index is 1.75. The Morgan fingerprint density at radius 3 is 2.59 bits per heavy atom. The van der Waals surface area contributed by atoms with E-state index < -0.39 is 6.36 Å². The summed E-state index contributed by atoms with van der Waals surface area (Å²) in [7, 11) is 0. The van der Waals surface area contributed by atoms with Gasteiger partial charge in [-0.25, -0.2) is 0 Å². The summed E-state index contributed by atoms with van der Waals surface area (Å²) in [6, 6.07) is 5.07. The SMILES string of the molecule is CCCc1noc(CCCC(=O)NC(C)c2ccc(OC(F)(F)F)cc2)n1. The summed E-state index contributed by atoms with van der Waals surface area (Å²) in [4.78, 5) is 16.3. The van der Waals surface area contributed by atoms with Crippen molar-refractivity contribution >= 4 is 5.91 Å². The molecule has 2 aromatic rings. The molecule has 0 aliphatic carbocycles. The maximum atomic E-state index is 12.2. The van der Waals surface area contributed by atoms with Gasteiger partial charge in [0, 0.05) is 19.3 Å². The minimum absolute atomic E-state index is 0.161. The molecule has 0 spiro atoms. The van der Waals surface area contributed by atoms with Crippen LogP contribution >= 0.6 is 0 Å². The zero-order valence-corrected chi connectivity index (χ0v) is 15.2. The van der Waals surface area contributed by atoms with Crippen LogP contribution in [0.15, 0.2) is 28.8 Å². The number of nitrogens with zero attached hydrogens (tertiary/aromatic N) is 2. The van der Waals surface area contributed by atoms with Crippen LogP contribution < -0.4 is 10.1 Å². The number of alkyl halides is 3. The lowest BCUT2D eigenvalue weighted by atomic mass is 10.1. The molecule has 1 aromatic heterocycles. The van der Waals surface area contributed by atoms with Crippen molar-refractivity contribution in [3.63, 3.8) is 0 Å². The van der Waals surface area contributed by atoms with Crippen LogP contribution in [0.4, 0.5) is 13.2 Å². The highest BCUT2D eigenvalue weighted by molar-refractivity contribution is 5.76. The number of halogens is 3. The number of amides is 1. The van der Waals surface area contributed by atoms with Gasteiger partial charge in [-0.15, -0.1) is 13.2 Å². The first-order valence-corrected chi connectivity index (χ1v) is 8.73. The molecular formula is C18H22F3N3O3. The molecule has 1 unspecified atom stereocenters. The van der Waals surface area contributed by atoms with Crippen LogP contribution in [0, 0.1) is 0 Å². The first-order valence-electron chi connectivity index (χ1n) is 8.73. The zero-order valence-electron chi connectivity index (χ0n) is 15.2. The molecule has 1 N–H and O–H groups in total. The fourth-order valence-corrected chi connectivity index (χ4v) is 2.47. The van der Waals surface area contributed by atoms with E-state index in [4.69, 9.17) is 4.52 Å². The molecule has 1 amide bonds. The van der Waals surface area contributed by atoms with Crippen molar-refractivity contribution in [3.05, 3.63) is 41.5 Å². The van der Waals surface area contributed by atoms with E-state index in [1.165, 1.54) is 24.3 Å². The second-order valence-corrected chi connectivity index (χ2v) is 6.11. The molecule has 0 radical (unpaired) electrons. The highest BCUT2D eigenvalue weighted by Gasteiger charge is 2.31. The van der Waals surface area contributed by atoms with Gasteiger partial charge in [0.1, 0.15) is 5.75 Å². The molecule has 0 bridgehead atoms. The van der Waals surface area contributed by atoms with Crippen LogP contribution in [0.2, 0.25) is 0 Å².